The highest BCUT2D eigenvalue weighted by atomic mass is 16.5. The van der Waals surface area contributed by atoms with E-state index in [9.17, 15) is 9.90 Å². The second-order valence-electron chi connectivity index (χ2n) is 8.63. The van der Waals surface area contributed by atoms with Crippen molar-refractivity contribution >= 4 is 5.78 Å². The van der Waals surface area contributed by atoms with Crippen LogP contribution in [0.1, 0.15) is 57.1 Å². The molecule has 1 aliphatic heterocycles. The number of carbonyl (C=O) groups is 1. The van der Waals surface area contributed by atoms with Gasteiger partial charge in [-0.15, -0.1) is 0 Å². The Morgan fingerprint density at radius 3 is 2.81 bits per heavy atom. The SMILES string of the molecule is CCC(=O)CC12CCN(CC3CC3)C(Cc3ccc(O)c(OC)c31)C2C. The van der Waals surface area contributed by atoms with Gasteiger partial charge in [-0.3, -0.25) is 9.69 Å². The van der Waals surface area contributed by atoms with Crippen molar-refractivity contribution in [2.24, 2.45) is 11.8 Å². The van der Waals surface area contributed by atoms with Crippen molar-refractivity contribution in [3.63, 3.8) is 0 Å². The fourth-order valence-corrected chi connectivity index (χ4v) is 5.51. The Bertz CT molecular complexity index is 712. The average molecular weight is 357 g/mol. The van der Waals surface area contributed by atoms with Gasteiger partial charge in [0.25, 0.3) is 0 Å². The zero-order valence-electron chi connectivity index (χ0n) is 16.3. The number of aromatic hydroxyl groups is 1. The number of phenolic OH excluding ortho intramolecular Hbond substituents is 1. The fraction of sp³-hybridized carbons (Fsp3) is 0.682. The highest BCUT2D eigenvalue weighted by molar-refractivity contribution is 5.80. The first-order valence-electron chi connectivity index (χ1n) is 10.1. The Labute approximate surface area is 156 Å². The predicted molar refractivity (Wildman–Crippen MR) is 102 cm³/mol. The van der Waals surface area contributed by atoms with Crippen LogP contribution in [-0.4, -0.2) is 42.0 Å². The molecule has 2 aliphatic carbocycles. The first-order chi connectivity index (χ1) is 12.5. The van der Waals surface area contributed by atoms with Crippen molar-refractivity contribution in [3.05, 3.63) is 23.3 Å². The van der Waals surface area contributed by atoms with Crippen molar-refractivity contribution in [3.8, 4) is 11.5 Å². The molecule has 1 aromatic carbocycles. The maximum absolute atomic E-state index is 12.6. The van der Waals surface area contributed by atoms with Crippen molar-refractivity contribution in [2.45, 2.75) is 63.8 Å². The minimum absolute atomic E-state index is 0.195. The molecule has 1 N–H and O–H groups in total. The number of benzene rings is 1. The number of likely N-dealkylation sites (tertiary alicyclic amines) is 1. The van der Waals surface area contributed by atoms with Crippen LogP contribution >= 0.6 is 0 Å². The van der Waals surface area contributed by atoms with E-state index < -0.39 is 0 Å². The van der Waals surface area contributed by atoms with E-state index in [4.69, 9.17) is 4.74 Å². The largest absolute Gasteiger partial charge is 0.504 e. The van der Waals surface area contributed by atoms with E-state index in [0.717, 1.165) is 30.9 Å². The Balaban J connectivity index is 1.81. The number of methoxy groups -OCH3 is 1. The summed E-state index contributed by atoms with van der Waals surface area (Å²) in [6.07, 6.45) is 5.83. The summed E-state index contributed by atoms with van der Waals surface area (Å²) in [5.74, 6) is 2.36. The highest BCUT2D eigenvalue weighted by Crippen LogP contribution is 2.56. The molecule has 0 aromatic heterocycles. The standard InChI is InChI=1S/C22H31NO3/c1-4-17(24)12-22-9-10-23(13-15-5-6-15)18(14(22)2)11-16-7-8-19(25)21(26-3)20(16)22/h7-8,14-15,18,25H,4-6,9-13H2,1-3H3. The summed E-state index contributed by atoms with van der Waals surface area (Å²) in [5.41, 5.74) is 2.15. The van der Waals surface area contributed by atoms with Crippen LogP contribution in [0.3, 0.4) is 0 Å². The number of nitrogens with zero attached hydrogens (tertiary/aromatic N) is 1. The molecule has 142 valence electrons. The van der Waals surface area contributed by atoms with Crippen LogP contribution in [0.15, 0.2) is 12.1 Å². The van der Waals surface area contributed by atoms with E-state index in [1.54, 1.807) is 13.2 Å². The van der Waals surface area contributed by atoms with Crippen LogP contribution in [-0.2, 0) is 16.6 Å². The molecule has 3 aliphatic rings. The summed E-state index contributed by atoms with van der Waals surface area (Å²) < 4.78 is 5.65. The molecule has 1 aromatic rings. The minimum Gasteiger partial charge on any atom is -0.504 e. The van der Waals surface area contributed by atoms with Gasteiger partial charge in [0, 0.05) is 36.4 Å². The second-order valence-corrected chi connectivity index (χ2v) is 8.63. The predicted octanol–water partition coefficient (Wildman–Crippen LogP) is 3.68. The molecule has 4 heteroatoms. The number of piperidine rings is 1. The Morgan fingerprint density at radius 2 is 2.15 bits per heavy atom. The van der Waals surface area contributed by atoms with Crippen molar-refractivity contribution in [2.75, 3.05) is 20.2 Å². The normalized spacial score (nSPS) is 30.7. The number of fused-ring (bicyclic) bond motifs is 4. The third-order valence-corrected chi connectivity index (χ3v) is 7.21. The van der Waals surface area contributed by atoms with Gasteiger partial charge in [-0.1, -0.05) is 19.9 Å². The van der Waals surface area contributed by atoms with Crippen LogP contribution in [0.5, 0.6) is 11.5 Å². The van der Waals surface area contributed by atoms with Crippen LogP contribution in [0.2, 0.25) is 0 Å². The number of Topliss-reactive ketones (excluding diaryl/α,β-unsaturated/α-hetero) is 1. The first kappa shape index (κ1) is 17.8. The van der Waals surface area contributed by atoms with Crippen LogP contribution in [0, 0.1) is 11.8 Å². The van der Waals surface area contributed by atoms with E-state index >= 15 is 0 Å². The number of ketones is 1. The summed E-state index contributed by atoms with van der Waals surface area (Å²) in [7, 11) is 1.63. The lowest BCUT2D eigenvalue weighted by atomic mass is 9.55. The summed E-state index contributed by atoms with van der Waals surface area (Å²) in [5, 5.41) is 10.4. The highest BCUT2D eigenvalue weighted by Gasteiger charge is 2.53. The van der Waals surface area contributed by atoms with Crippen LogP contribution in [0.25, 0.3) is 0 Å². The van der Waals surface area contributed by atoms with Gasteiger partial charge in [-0.2, -0.15) is 0 Å². The summed E-state index contributed by atoms with van der Waals surface area (Å²) in [6.45, 7) is 6.52. The minimum atomic E-state index is -0.213. The van der Waals surface area contributed by atoms with Gasteiger partial charge in [0.2, 0.25) is 0 Å². The number of carbonyl (C=O) groups excluding carboxylic acids is 1. The first-order valence-corrected chi connectivity index (χ1v) is 10.1. The summed E-state index contributed by atoms with van der Waals surface area (Å²) in [6, 6.07) is 4.29. The third-order valence-electron chi connectivity index (χ3n) is 7.21. The van der Waals surface area contributed by atoms with Crippen LogP contribution < -0.4 is 4.74 Å². The molecule has 1 heterocycles. The summed E-state index contributed by atoms with van der Waals surface area (Å²) >= 11 is 0. The van der Waals surface area contributed by atoms with Crippen LogP contribution in [0.4, 0.5) is 0 Å². The molecule has 4 nitrogen and oxygen atoms in total. The Kier molecular flexibility index (Phi) is 4.50. The van der Waals surface area contributed by atoms with E-state index in [1.165, 1.54) is 24.9 Å². The zero-order chi connectivity index (χ0) is 18.5. The monoisotopic (exact) mass is 357 g/mol. The number of ether oxygens (including phenoxy) is 1. The molecule has 2 bridgehead atoms. The van der Waals surface area contributed by atoms with Gasteiger partial charge in [0.05, 0.1) is 7.11 Å². The maximum Gasteiger partial charge on any atom is 0.164 e. The van der Waals surface area contributed by atoms with Gasteiger partial charge in [0.1, 0.15) is 5.78 Å². The van der Waals surface area contributed by atoms with E-state index in [2.05, 4.69) is 17.9 Å². The Hall–Kier alpha value is -1.55. The van der Waals surface area contributed by atoms with E-state index in [-0.39, 0.29) is 11.2 Å². The molecule has 26 heavy (non-hydrogen) atoms. The van der Waals surface area contributed by atoms with Gasteiger partial charge in [-0.25, -0.2) is 0 Å². The molecule has 0 spiro atoms. The molecular weight excluding hydrogens is 326 g/mol. The molecule has 3 atom stereocenters. The van der Waals surface area contributed by atoms with Gasteiger partial charge in [0.15, 0.2) is 11.5 Å². The van der Waals surface area contributed by atoms with Crippen molar-refractivity contribution in [1.82, 2.24) is 4.90 Å². The second kappa shape index (κ2) is 6.56. The molecule has 2 fully saturated rings. The van der Waals surface area contributed by atoms with Crippen molar-refractivity contribution < 1.29 is 14.6 Å². The molecule has 1 saturated carbocycles. The molecular formula is C22H31NO3. The number of rotatable bonds is 6. The molecule has 0 amide bonds. The van der Waals surface area contributed by atoms with Gasteiger partial charge >= 0.3 is 0 Å². The molecule has 0 radical (unpaired) electrons. The maximum atomic E-state index is 12.6. The lowest BCUT2D eigenvalue weighted by molar-refractivity contribution is -0.122. The van der Waals surface area contributed by atoms with Crippen molar-refractivity contribution in [1.29, 1.82) is 0 Å². The smallest absolute Gasteiger partial charge is 0.164 e. The quantitative estimate of drug-likeness (QED) is 0.844. The topological polar surface area (TPSA) is 49.8 Å². The van der Waals surface area contributed by atoms with E-state index in [0.29, 0.717) is 36.3 Å². The third kappa shape index (κ3) is 2.74. The lowest BCUT2D eigenvalue weighted by Crippen LogP contribution is -2.60. The lowest BCUT2D eigenvalue weighted by Gasteiger charge is -2.56. The summed E-state index contributed by atoms with van der Waals surface area (Å²) in [4.78, 5) is 15.2. The average Bonchev–Trinajstić information content (AvgIpc) is 3.44. The van der Waals surface area contributed by atoms with Gasteiger partial charge < -0.3 is 9.84 Å². The number of hydrogen-bond donors (Lipinski definition) is 1. The molecule has 4 rings (SSSR count). The van der Waals surface area contributed by atoms with E-state index in [1.807, 2.05) is 6.92 Å². The Morgan fingerprint density at radius 1 is 1.38 bits per heavy atom. The number of phenols is 1. The number of hydrogen-bond acceptors (Lipinski definition) is 4. The molecule has 3 unspecified atom stereocenters. The zero-order valence-corrected chi connectivity index (χ0v) is 16.3. The van der Waals surface area contributed by atoms with Gasteiger partial charge in [-0.05, 0) is 55.7 Å². The fourth-order valence-electron chi connectivity index (χ4n) is 5.51. The molecule has 1 saturated heterocycles.